The van der Waals surface area contributed by atoms with Crippen LogP contribution in [0, 0.1) is 23.7 Å². The number of hydrogen-bond donors (Lipinski definition) is 2. The zero-order chi connectivity index (χ0) is 27.4. The number of aromatic nitrogens is 4. The summed E-state index contributed by atoms with van der Waals surface area (Å²) in [4.78, 5) is 2.08. The quantitative estimate of drug-likeness (QED) is 0.440. The van der Waals surface area contributed by atoms with Gasteiger partial charge in [-0.05, 0) is 82.0 Å². The molecule has 0 radical (unpaired) electrons. The summed E-state index contributed by atoms with van der Waals surface area (Å²) in [6.07, 6.45) is 16.4. The third kappa shape index (κ3) is 7.08. The fourth-order valence-corrected chi connectivity index (χ4v) is 6.01. The van der Waals surface area contributed by atoms with Crippen molar-refractivity contribution in [3.05, 3.63) is 53.4 Å². The van der Waals surface area contributed by atoms with Crippen LogP contribution in [0.4, 0.5) is 0 Å². The van der Waals surface area contributed by atoms with E-state index in [1.54, 1.807) is 0 Å². The van der Waals surface area contributed by atoms with Crippen LogP contribution in [0.2, 0.25) is 0 Å². The van der Waals surface area contributed by atoms with E-state index in [0.717, 1.165) is 19.3 Å². The standard InChI is InChI=1S/C30H47N5O3/c1-8-26-19(3)10-13-27(38-26)20(4)15-18(2)9-11-23-21(5)24(23)12-14-28-30(36)25(35(6)7)16-22(37-28)17-29-31-33-34-32-29/h9-12,14-15,18,21-28,30,36H,8,13,16-17H2,1-7H3,(H,31,32,33,34)/b11-9+,14-12+,20-15+/t18-,21-,22+,23-,24+,25+,26-,27-,28+,30-/m1/s1. The number of aliphatic hydroxyl groups excluding tert-OH is 1. The van der Waals surface area contributed by atoms with Crippen molar-refractivity contribution >= 4 is 0 Å². The Morgan fingerprint density at radius 3 is 2.68 bits per heavy atom. The van der Waals surface area contributed by atoms with E-state index in [4.69, 9.17) is 9.47 Å². The van der Waals surface area contributed by atoms with E-state index in [1.165, 1.54) is 11.1 Å². The van der Waals surface area contributed by atoms with Crippen LogP contribution in [0.1, 0.15) is 59.7 Å². The maximum Gasteiger partial charge on any atom is 0.177 e. The third-order valence-corrected chi connectivity index (χ3v) is 8.62. The molecule has 2 aliphatic heterocycles. The van der Waals surface area contributed by atoms with Gasteiger partial charge in [-0.1, -0.05) is 62.4 Å². The molecule has 2 N–H and O–H groups in total. The molecule has 2 fully saturated rings. The van der Waals surface area contributed by atoms with E-state index in [-0.39, 0.29) is 30.5 Å². The largest absolute Gasteiger partial charge is 0.388 e. The van der Waals surface area contributed by atoms with Gasteiger partial charge in [0.05, 0.1) is 24.4 Å². The first kappa shape index (κ1) is 28.9. The van der Waals surface area contributed by atoms with Crippen molar-refractivity contribution in [2.24, 2.45) is 23.7 Å². The maximum atomic E-state index is 11.0. The molecule has 38 heavy (non-hydrogen) atoms. The topological polar surface area (TPSA) is 96.4 Å². The Balaban J connectivity index is 1.33. The zero-order valence-corrected chi connectivity index (χ0v) is 24.1. The van der Waals surface area contributed by atoms with Gasteiger partial charge in [-0.25, -0.2) is 0 Å². The van der Waals surface area contributed by atoms with Gasteiger partial charge in [0.1, 0.15) is 6.10 Å². The second kappa shape index (κ2) is 12.8. The Kier molecular flexibility index (Phi) is 9.74. The number of rotatable bonds is 10. The number of aromatic amines is 1. The van der Waals surface area contributed by atoms with Gasteiger partial charge in [0.15, 0.2) is 5.82 Å². The van der Waals surface area contributed by atoms with Crippen LogP contribution >= 0.6 is 0 Å². The lowest BCUT2D eigenvalue weighted by atomic mass is 9.92. The molecule has 0 aromatic carbocycles. The van der Waals surface area contributed by atoms with Gasteiger partial charge in [-0.15, -0.1) is 10.2 Å². The monoisotopic (exact) mass is 525 g/mol. The van der Waals surface area contributed by atoms with Crippen molar-refractivity contribution in [2.75, 3.05) is 14.1 Å². The predicted octanol–water partition coefficient (Wildman–Crippen LogP) is 4.28. The number of aliphatic hydroxyl groups is 1. The number of nitrogens with zero attached hydrogens (tertiary/aromatic N) is 4. The van der Waals surface area contributed by atoms with Crippen LogP contribution in [0.15, 0.2) is 47.6 Å². The molecule has 1 aromatic heterocycles. The molecule has 8 nitrogen and oxygen atoms in total. The molecule has 0 unspecified atom stereocenters. The first-order chi connectivity index (χ1) is 18.2. The molecule has 210 valence electrons. The lowest BCUT2D eigenvalue weighted by Crippen LogP contribution is -2.53. The molecule has 3 heterocycles. The van der Waals surface area contributed by atoms with E-state index >= 15 is 0 Å². The minimum absolute atomic E-state index is 0.0126. The molecule has 3 aliphatic rings. The molecule has 8 heteroatoms. The molecule has 10 atom stereocenters. The summed E-state index contributed by atoms with van der Waals surface area (Å²) in [5.41, 5.74) is 2.68. The lowest BCUT2D eigenvalue weighted by molar-refractivity contribution is -0.128. The number of hydrogen-bond acceptors (Lipinski definition) is 7. The fourth-order valence-electron chi connectivity index (χ4n) is 6.01. The Bertz CT molecular complexity index is 1020. The molecule has 1 aliphatic carbocycles. The molecule has 0 spiro atoms. The lowest BCUT2D eigenvalue weighted by Gasteiger charge is -2.41. The SMILES string of the molecule is CC[C@H]1O[C@@H](/C(C)=C/[C@H](C)/C=C/[C@@H]2[C@@H](C)[C@@H]2/C=C/[C@@H]2O[C@H](Cc3nn[nH]n3)C[C@H](N(C)C)[C@H]2O)CC=C1C. The van der Waals surface area contributed by atoms with Crippen molar-refractivity contribution in [2.45, 2.75) is 96.9 Å². The molecule has 0 bridgehead atoms. The van der Waals surface area contributed by atoms with Crippen LogP contribution in [0.3, 0.4) is 0 Å². The summed E-state index contributed by atoms with van der Waals surface area (Å²) >= 11 is 0. The molecule has 1 saturated heterocycles. The Labute approximate surface area is 228 Å². The van der Waals surface area contributed by atoms with E-state index in [9.17, 15) is 5.11 Å². The highest BCUT2D eigenvalue weighted by Gasteiger charge is 2.44. The summed E-state index contributed by atoms with van der Waals surface area (Å²) in [7, 11) is 4.01. The van der Waals surface area contributed by atoms with Gasteiger partial charge in [-0.2, -0.15) is 5.21 Å². The second-order valence-electron chi connectivity index (χ2n) is 11.8. The minimum Gasteiger partial charge on any atom is -0.388 e. The van der Waals surface area contributed by atoms with Crippen LogP contribution in [0.25, 0.3) is 0 Å². The van der Waals surface area contributed by atoms with Crippen LogP contribution < -0.4 is 0 Å². The summed E-state index contributed by atoms with van der Waals surface area (Å²) in [5.74, 6) is 2.57. The molecule has 1 aromatic rings. The number of likely N-dealkylation sites (N-methyl/N-ethyl adjacent to an activating group) is 1. The van der Waals surface area contributed by atoms with Crippen LogP contribution in [-0.4, -0.2) is 81.3 Å². The van der Waals surface area contributed by atoms with Crippen molar-refractivity contribution in [3.8, 4) is 0 Å². The van der Waals surface area contributed by atoms with E-state index in [0.29, 0.717) is 35.9 Å². The highest BCUT2D eigenvalue weighted by molar-refractivity contribution is 5.21. The Morgan fingerprint density at radius 1 is 1.24 bits per heavy atom. The molecule has 0 amide bonds. The van der Waals surface area contributed by atoms with Crippen molar-refractivity contribution < 1.29 is 14.6 Å². The number of tetrazole rings is 1. The Morgan fingerprint density at radius 2 is 2.00 bits per heavy atom. The maximum absolute atomic E-state index is 11.0. The normalized spacial score (nSPS) is 37.2. The minimum atomic E-state index is -0.577. The van der Waals surface area contributed by atoms with Crippen molar-refractivity contribution in [1.29, 1.82) is 0 Å². The van der Waals surface area contributed by atoms with Gasteiger partial charge >= 0.3 is 0 Å². The van der Waals surface area contributed by atoms with Gasteiger partial charge < -0.3 is 19.5 Å². The summed E-state index contributed by atoms with van der Waals surface area (Å²) in [5, 5.41) is 25.3. The van der Waals surface area contributed by atoms with Gasteiger partial charge in [0.2, 0.25) is 0 Å². The van der Waals surface area contributed by atoms with Gasteiger partial charge in [-0.3, -0.25) is 0 Å². The number of allylic oxidation sites excluding steroid dienone is 4. The van der Waals surface area contributed by atoms with E-state index in [2.05, 4.69) is 96.6 Å². The first-order valence-electron chi connectivity index (χ1n) is 14.3. The van der Waals surface area contributed by atoms with E-state index in [1.807, 2.05) is 14.1 Å². The van der Waals surface area contributed by atoms with Gasteiger partial charge in [0.25, 0.3) is 0 Å². The molecular formula is C30H47N5O3. The summed E-state index contributed by atoms with van der Waals surface area (Å²) < 4.78 is 12.6. The highest BCUT2D eigenvalue weighted by Crippen LogP contribution is 2.48. The fraction of sp³-hybridized carbons (Fsp3) is 0.700. The third-order valence-electron chi connectivity index (χ3n) is 8.62. The summed E-state index contributed by atoms with van der Waals surface area (Å²) in [6, 6.07) is 0.0126. The average molecular weight is 526 g/mol. The highest BCUT2D eigenvalue weighted by atomic mass is 16.5. The van der Waals surface area contributed by atoms with Crippen LogP contribution in [-0.2, 0) is 15.9 Å². The Hall–Kier alpha value is -2.13. The number of ether oxygens (including phenoxy) is 2. The van der Waals surface area contributed by atoms with Crippen LogP contribution in [0.5, 0.6) is 0 Å². The number of H-pyrrole nitrogens is 1. The average Bonchev–Trinajstić information content (AvgIpc) is 3.22. The van der Waals surface area contributed by atoms with Crippen molar-refractivity contribution in [1.82, 2.24) is 25.5 Å². The molecule has 4 rings (SSSR count). The molecular weight excluding hydrogens is 478 g/mol. The van der Waals surface area contributed by atoms with Crippen molar-refractivity contribution in [3.63, 3.8) is 0 Å². The predicted molar refractivity (Wildman–Crippen MR) is 149 cm³/mol. The van der Waals surface area contributed by atoms with E-state index < -0.39 is 6.10 Å². The summed E-state index contributed by atoms with van der Waals surface area (Å²) in [6.45, 7) is 11.1. The van der Waals surface area contributed by atoms with Gasteiger partial charge in [0, 0.05) is 12.5 Å². The second-order valence-corrected chi connectivity index (χ2v) is 11.8. The smallest absolute Gasteiger partial charge is 0.177 e. The zero-order valence-electron chi connectivity index (χ0n) is 24.1. The first-order valence-corrected chi connectivity index (χ1v) is 14.3. The molecule has 1 saturated carbocycles. The number of nitrogens with one attached hydrogen (secondary N) is 1.